The molecule has 2 atom stereocenters. The molecule has 1 aromatic heterocycles. The quantitative estimate of drug-likeness (QED) is 0.743. The van der Waals surface area contributed by atoms with E-state index in [4.69, 9.17) is 4.74 Å². The van der Waals surface area contributed by atoms with Gasteiger partial charge in [0.1, 0.15) is 0 Å². The molecule has 3 rings (SSSR count). The number of likely N-dealkylation sites (tertiary alicyclic amines) is 1. The van der Waals surface area contributed by atoms with Crippen molar-refractivity contribution in [3.8, 4) is 5.69 Å². The number of carbonyl (C=O) groups is 2. The highest BCUT2D eigenvalue weighted by Gasteiger charge is 2.29. The van der Waals surface area contributed by atoms with Crippen LogP contribution in [0, 0.1) is 13.8 Å². The number of piperidine rings is 1. The Labute approximate surface area is 166 Å². The lowest BCUT2D eigenvalue weighted by Gasteiger charge is -2.38. The van der Waals surface area contributed by atoms with Crippen LogP contribution in [0.4, 0.5) is 0 Å². The van der Waals surface area contributed by atoms with E-state index in [1.165, 1.54) is 0 Å². The summed E-state index contributed by atoms with van der Waals surface area (Å²) in [5.74, 6) is -0.508. The summed E-state index contributed by atoms with van der Waals surface area (Å²) in [5.41, 5.74) is 3.50. The van der Waals surface area contributed by atoms with Crippen LogP contribution in [-0.2, 0) is 20.7 Å². The number of ether oxygens (including phenoxy) is 1. The van der Waals surface area contributed by atoms with Crippen LogP contribution in [0.5, 0.6) is 0 Å². The van der Waals surface area contributed by atoms with Crippen molar-refractivity contribution >= 4 is 11.9 Å². The molecule has 1 fully saturated rings. The van der Waals surface area contributed by atoms with Crippen LogP contribution >= 0.6 is 0 Å². The second-order valence-electron chi connectivity index (χ2n) is 7.66. The summed E-state index contributed by atoms with van der Waals surface area (Å²) in [7, 11) is 0. The third kappa shape index (κ3) is 4.26. The lowest BCUT2D eigenvalue weighted by atomic mass is 9.97. The highest BCUT2D eigenvalue weighted by molar-refractivity contribution is 5.82. The van der Waals surface area contributed by atoms with E-state index in [9.17, 15) is 9.59 Å². The van der Waals surface area contributed by atoms with Crippen LogP contribution in [0.2, 0.25) is 0 Å². The van der Waals surface area contributed by atoms with Gasteiger partial charge in [-0.25, -0.2) is 4.68 Å². The van der Waals surface area contributed by atoms with Crippen molar-refractivity contribution in [2.45, 2.75) is 65.5 Å². The van der Waals surface area contributed by atoms with Crippen molar-refractivity contribution < 1.29 is 14.3 Å². The van der Waals surface area contributed by atoms with Gasteiger partial charge in [-0.3, -0.25) is 9.59 Å². The molecule has 0 spiro atoms. The molecule has 6 heteroatoms. The molecular weight excluding hydrogens is 354 g/mol. The Kier molecular flexibility index (Phi) is 6.17. The van der Waals surface area contributed by atoms with Gasteiger partial charge in [0.05, 0.1) is 17.8 Å². The molecule has 0 saturated carbocycles. The fourth-order valence-electron chi connectivity index (χ4n) is 4.08. The molecule has 0 bridgehead atoms. The first kappa shape index (κ1) is 20.1. The van der Waals surface area contributed by atoms with Gasteiger partial charge in [0, 0.05) is 23.3 Å². The molecule has 0 radical (unpaired) electrons. The largest absolute Gasteiger partial charge is 0.455 e. The van der Waals surface area contributed by atoms with E-state index < -0.39 is 5.97 Å². The van der Waals surface area contributed by atoms with Crippen molar-refractivity contribution in [2.75, 3.05) is 6.61 Å². The average molecular weight is 383 g/mol. The molecule has 1 aliphatic rings. The molecule has 150 valence electrons. The molecule has 1 aliphatic heterocycles. The number of benzene rings is 1. The maximum atomic E-state index is 12.5. The molecule has 1 aromatic carbocycles. The standard InChI is InChI=1S/C22H29N3O3/c1-15-9-8-10-16(2)24(15)21(26)14-28-22(27)13-20-17(3)23-25(18(20)4)19-11-6-5-7-12-19/h5-7,11-12,15-16H,8-10,13-14H2,1-4H3/t15-,16-/m1/s1. The Morgan fingerprint density at radius 3 is 2.39 bits per heavy atom. The topological polar surface area (TPSA) is 64.4 Å². The van der Waals surface area contributed by atoms with Crippen molar-refractivity contribution in [1.82, 2.24) is 14.7 Å². The maximum Gasteiger partial charge on any atom is 0.310 e. The van der Waals surface area contributed by atoms with Crippen molar-refractivity contribution in [2.24, 2.45) is 0 Å². The second-order valence-corrected chi connectivity index (χ2v) is 7.66. The average Bonchev–Trinajstić information content (AvgIpc) is 2.95. The summed E-state index contributed by atoms with van der Waals surface area (Å²) in [5, 5.41) is 4.56. The molecule has 1 amide bonds. The highest BCUT2D eigenvalue weighted by atomic mass is 16.5. The van der Waals surface area contributed by atoms with Gasteiger partial charge < -0.3 is 9.64 Å². The van der Waals surface area contributed by atoms with Crippen molar-refractivity contribution in [3.63, 3.8) is 0 Å². The number of rotatable bonds is 5. The molecule has 0 aliphatic carbocycles. The molecule has 0 unspecified atom stereocenters. The van der Waals surface area contributed by atoms with Crippen molar-refractivity contribution in [3.05, 3.63) is 47.3 Å². The highest BCUT2D eigenvalue weighted by Crippen LogP contribution is 2.23. The molecule has 2 heterocycles. The van der Waals surface area contributed by atoms with Gasteiger partial charge in [-0.2, -0.15) is 5.10 Å². The minimum Gasteiger partial charge on any atom is -0.455 e. The third-order valence-electron chi connectivity index (χ3n) is 5.60. The number of aromatic nitrogens is 2. The fraction of sp³-hybridized carbons (Fsp3) is 0.500. The van der Waals surface area contributed by atoms with E-state index in [2.05, 4.69) is 18.9 Å². The lowest BCUT2D eigenvalue weighted by molar-refractivity contribution is -0.154. The normalized spacial score (nSPS) is 19.5. The number of hydrogen-bond donors (Lipinski definition) is 0. The fourth-order valence-corrected chi connectivity index (χ4v) is 4.08. The van der Waals surface area contributed by atoms with Gasteiger partial charge in [-0.05, 0) is 59.1 Å². The molecule has 28 heavy (non-hydrogen) atoms. The zero-order valence-electron chi connectivity index (χ0n) is 17.1. The Bertz CT molecular complexity index is 834. The molecule has 6 nitrogen and oxygen atoms in total. The van der Waals surface area contributed by atoms with Gasteiger partial charge >= 0.3 is 5.97 Å². The molecule has 0 N–H and O–H groups in total. The summed E-state index contributed by atoms with van der Waals surface area (Å²) in [6.07, 6.45) is 3.25. The summed E-state index contributed by atoms with van der Waals surface area (Å²) in [6.45, 7) is 7.74. The summed E-state index contributed by atoms with van der Waals surface area (Å²) < 4.78 is 7.15. The van der Waals surface area contributed by atoms with E-state index in [1.807, 2.05) is 53.8 Å². The molecule has 2 aromatic rings. The number of para-hydroxylation sites is 1. The summed E-state index contributed by atoms with van der Waals surface area (Å²) in [6, 6.07) is 10.2. The summed E-state index contributed by atoms with van der Waals surface area (Å²) >= 11 is 0. The minimum atomic E-state index is -0.399. The van der Waals surface area contributed by atoms with E-state index in [-0.39, 0.29) is 31.0 Å². The first-order valence-corrected chi connectivity index (χ1v) is 9.95. The first-order valence-electron chi connectivity index (χ1n) is 9.95. The Morgan fingerprint density at radius 2 is 1.75 bits per heavy atom. The van der Waals surface area contributed by atoms with Gasteiger partial charge in [0.15, 0.2) is 6.61 Å². The van der Waals surface area contributed by atoms with Crippen LogP contribution < -0.4 is 0 Å². The second kappa shape index (κ2) is 8.59. The molecular formula is C22H29N3O3. The van der Waals surface area contributed by atoms with Crippen LogP contribution in [0.1, 0.15) is 50.1 Å². The van der Waals surface area contributed by atoms with Gasteiger partial charge in [-0.15, -0.1) is 0 Å². The van der Waals surface area contributed by atoms with E-state index in [0.717, 1.165) is 41.9 Å². The van der Waals surface area contributed by atoms with E-state index in [0.29, 0.717) is 0 Å². The number of hydrogen-bond acceptors (Lipinski definition) is 4. The van der Waals surface area contributed by atoms with Gasteiger partial charge in [-0.1, -0.05) is 18.2 Å². The van der Waals surface area contributed by atoms with Crippen molar-refractivity contribution in [1.29, 1.82) is 0 Å². The smallest absolute Gasteiger partial charge is 0.310 e. The Balaban J connectivity index is 1.62. The monoisotopic (exact) mass is 383 g/mol. The van der Waals surface area contributed by atoms with Crippen LogP contribution in [0.3, 0.4) is 0 Å². The zero-order chi connectivity index (χ0) is 20.3. The molecule has 1 saturated heterocycles. The maximum absolute atomic E-state index is 12.5. The van der Waals surface area contributed by atoms with Gasteiger partial charge in [0.25, 0.3) is 5.91 Å². The zero-order valence-corrected chi connectivity index (χ0v) is 17.1. The van der Waals surface area contributed by atoms with Gasteiger partial charge in [0.2, 0.25) is 0 Å². The summed E-state index contributed by atoms with van der Waals surface area (Å²) in [4.78, 5) is 26.8. The number of amides is 1. The Hall–Kier alpha value is -2.63. The lowest BCUT2D eigenvalue weighted by Crippen LogP contribution is -2.49. The van der Waals surface area contributed by atoms with E-state index >= 15 is 0 Å². The first-order chi connectivity index (χ1) is 13.4. The number of esters is 1. The van der Waals surface area contributed by atoms with Crippen LogP contribution in [0.15, 0.2) is 30.3 Å². The minimum absolute atomic E-state index is 0.110. The predicted octanol–water partition coefficient (Wildman–Crippen LogP) is 3.36. The predicted molar refractivity (Wildman–Crippen MR) is 107 cm³/mol. The Morgan fingerprint density at radius 1 is 1.11 bits per heavy atom. The van der Waals surface area contributed by atoms with Crippen LogP contribution in [0.25, 0.3) is 5.69 Å². The van der Waals surface area contributed by atoms with E-state index in [1.54, 1.807) is 0 Å². The number of nitrogens with zero attached hydrogens (tertiary/aromatic N) is 3. The SMILES string of the molecule is Cc1nn(-c2ccccc2)c(C)c1CC(=O)OCC(=O)N1[C@H](C)CCC[C@H]1C. The number of aryl methyl sites for hydroxylation is 1. The number of carbonyl (C=O) groups excluding carboxylic acids is 2. The van der Waals surface area contributed by atoms with Crippen LogP contribution in [-0.4, -0.2) is 45.2 Å². The third-order valence-corrected chi connectivity index (χ3v) is 5.60.